The van der Waals surface area contributed by atoms with Crippen LogP contribution in [0.4, 0.5) is 0 Å². The second kappa shape index (κ2) is 8.81. The van der Waals surface area contributed by atoms with Gasteiger partial charge in [0.15, 0.2) is 0 Å². The summed E-state index contributed by atoms with van der Waals surface area (Å²) < 4.78 is 3.18. The Morgan fingerprint density at radius 1 is 1.21 bits per heavy atom. The van der Waals surface area contributed by atoms with Crippen molar-refractivity contribution in [3.63, 3.8) is 0 Å². The Bertz CT molecular complexity index is 1530. The lowest BCUT2D eigenvalue weighted by molar-refractivity contribution is 0.0702. The van der Waals surface area contributed by atoms with Crippen LogP contribution in [0.25, 0.3) is 22.4 Å². The number of pyridine rings is 1. The van der Waals surface area contributed by atoms with Crippen molar-refractivity contribution in [1.82, 2.24) is 24.8 Å². The minimum absolute atomic E-state index is 0.169. The highest BCUT2D eigenvalue weighted by Gasteiger charge is 2.18. The Morgan fingerprint density at radius 2 is 2.06 bits per heavy atom. The number of thiophene rings is 1. The maximum Gasteiger partial charge on any atom is 0.345 e. The summed E-state index contributed by atoms with van der Waals surface area (Å²) >= 11 is 7.42. The molecule has 0 saturated carbocycles. The molecule has 0 bridgehead atoms. The van der Waals surface area contributed by atoms with Gasteiger partial charge in [0, 0.05) is 40.7 Å². The molecule has 0 radical (unpaired) electrons. The Labute approximate surface area is 202 Å². The smallest absolute Gasteiger partial charge is 0.345 e. The molecule has 0 aliphatic carbocycles. The van der Waals surface area contributed by atoms with Gasteiger partial charge in [-0.15, -0.1) is 16.4 Å². The first-order chi connectivity index (χ1) is 16.4. The lowest BCUT2D eigenvalue weighted by Crippen LogP contribution is -2.25. The number of aliphatic imine (C=N–C) groups is 1. The summed E-state index contributed by atoms with van der Waals surface area (Å²) in [5.41, 5.74) is 5.36. The summed E-state index contributed by atoms with van der Waals surface area (Å²) in [5, 5.41) is 22.8. The van der Waals surface area contributed by atoms with Crippen LogP contribution in [0.5, 0.6) is 0 Å². The molecule has 1 N–H and O–H groups in total. The van der Waals surface area contributed by atoms with Crippen LogP contribution in [-0.2, 0) is 6.54 Å². The van der Waals surface area contributed by atoms with E-state index in [1.165, 1.54) is 22.3 Å². The van der Waals surface area contributed by atoms with Crippen molar-refractivity contribution in [2.75, 3.05) is 0 Å². The van der Waals surface area contributed by atoms with Gasteiger partial charge in [0.1, 0.15) is 11.2 Å². The van der Waals surface area contributed by atoms with Crippen LogP contribution in [0.2, 0.25) is 5.02 Å². The van der Waals surface area contributed by atoms with E-state index < -0.39 is 5.97 Å². The second-order valence-corrected chi connectivity index (χ2v) is 9.10. The summed E-state index contributed by atoms with van der Waals surface area (Å²) in [4.78, 5) is 29.0. The van der Waals surface area contributed by atoms with E-state index >= 15 is 0 Å². The number of aryl methyl sites for hydroxylation is 1. The molecule has 0 atom stereocenters. The van der Waals surface area contributed by atoms with E-state index in [1.54, 1.807) is 41.1 Å². The summed E-state index contributed by atoms with van der Waals surface area (Å²) in [6, 6.07) is 10.5. The predicted octanol–water partition coefficient (Wildman–Crippen LogP) is 4.10. The van der Waals surface area contributed by atoms with Gasteiger partial charge in [-0.05, 0) is 69.8 Å². The van der Waals surface area contributed by atoms with Crippen molar-refractivity contribution in [1.29, 1.82) is 0 Å². The van der Waals surface area contributed by atoms with E-state index in [0.717, 1.165) is 28.1 Å². The van der Waals surface area contributed by atoms with Crippen molar-refractivity contribution >= 4 is 40.2 Å². The van der Waals surface area contributed by atoms with E-state index in [0.29, 0.717) is 29.2 Å². The molecule has 0 spiro atoms. The minimum atomic E-state index is -0.943. The topological polar surface area (TPSA) is 115 Å². The molecule has 4 heterocycles. The van der Waals surface area contributed by atoms with Gasteiger partial charge in [-0.3, -0.25) is 9.79 Å². The fourth-order valence-corrected chi connectivity index (χ4v) is 4.79. The monoisotopic (exact) mass is 492 g/mol. The Hall–Kier alpha value is -3.89. The molecule has 5 rings (SSSR count). The van der Waals surface area contributed by atoms with Gasteiger partial charge in [-0.25, -0.2) is 4.79 Å². The van der Waals surface area contributed by atoms with Crippen LogP contribution in [0.15, 0.2) is 64.1 Å². The molecule has 3 aromatic heterocycles. The third-order valence-electron chi connectivity index (χ3n) is 5.52. The zero-order valence-corrected chi connectivity index (χ0v) is 19.4. The van der Waals surface area contributed by atoms with Gasteiger partial charge < -0.3 is 9.67 Å². The molecule has 0 fully saturated rings. The number of allylic oxidation sites excluding steroid dienone is 1. The van der Waals surface area contributed by atoms with Crippen molar-refractivity contribution < 1.29 is 9.90 Å². The zero-order chi connectivity index (χ0) is 23.8. The molecular formula is C23H17ClN6O3S. The highest BCUT2D eigenvalue weighted by Crippen LogP contribution is 2.30. The van der Waals surface area contributed by atoms with Crippen molar-refractivity contribution in [2.24, 2.45) is 4.99 Å². The average molecular weight is 493 g/mol. The number of halogens is 1. The van der Waals surface area contributed by atoms with Crippen LogP contribution in [0.3, 0.4) is 0 Å². The molecule has 1 aliphatic rings. The maximum atomic E-state index is 13.1. The number of aromatic nitrogens is 5. The second-order valence-electron chi connectivity index (χ2n) is 7.76. The molecule has 34 heavy (non-hydrogen) atoms. The minimum Gasteiger partial charge on any atom is -0.477 e. The largest absolute Gasteiger partial charge is 0.477 e. The van der Waals surface area contributed by atoms with E-state index in [4.69, 9.17) is 16.7 Å². The highest BCUT2D eigenvalue weighted by atomic mass is 35.5. The van der Waals surface area contributed by atoms with Gasteiger partial charge in [0.05, 0.1) is 12.2 Å². The molecule has 0 amide bonds. The standard InChI is InChI=1S/C23H17ClN6O3S/c1-13-4-14(19-8-17(24)2-3-20(19)30-12-26-27-28-30)7-22(31)29(13)10-18-5-15(9-25-18)16-6-21(23(32)33)34-11-16/h2-4,6-9,11-12H,5,10H2,1H3,(H,32,33). The van der Waals surface area contributed by atoms with E-state index in [9.17, 15) is 9.59 Å². The van der Waals surface area contributed by atoms with Crippen LogP contribution in [0, 0.1) is 6.92 Å². The van der Waals surface area contributed by atoms with E-state index in [1.807, 2.05) is 18.4 Å². The third kappa shape index (κ3) is 4.20. The van der Waals surface area contributed by atoms with Gasteiger partial charge >= 0.3 is 5.97 Å². The van der Waals surface area contributed by atoms with Gasteiger partial charge in [-0.1, -0.05) is 11.6 Å². The first-order valence-electron chi connectivity index (χ1n) is 10.2. The quantitative estimate of drug-likeness (QED) is 0.433. The number of nitrogens with zero attached hydrogens (tertiary/aromatic N) is 6. The lowest BCUT2D eigenvalue weighted by Gasteiger charge is -2.14. The molecule has 11 heteroatoms. The van der Waals surface area contributed by atoms with Crippen LogP contribution >= 0.6 is 22.9 Å². The van der Waals surface area contributed by atoms with Gasteiger partial charge in [0.2, 0.25) is 0 Å². The average Bonchev–Trinajstić information content (AvgIpc) is 3.57. The number of benzene rings is 1. The number of hydrogen-bond donors (Lipinski definition) is 1. The number of carboxylic acids is 1. The summed E-state index contributed by atoms with van der Waals surface area (Å²) in [7, 11) is 0. The molecule has 0 saturated heterocycles. The maximum absolute atomic E-state index is 13.1. The first kappa shape index (κ1) is 21.9. The number of aromatic carboxylic acids is 1. The van der Waals surface area contributed by atoms with Gasteiger partial charge in [-0.2, -0.15) is 4.68 Å². The zero-order valence-electron chi connectivity index (χ0n) is 17.8. The van der Waals surface area contributed by atoms with Crippen LogP contribution in [0.1, 0.15) is 27.3 Å². The van der Waals surface area contributed by atoms with Crippen molar-refractivity contribution in [3.05, 3.63) is 85.8 Å². The normalized spacial score (nSPS) is 13.1. The Morgan fingerprint density at radius 3 is 2.76 bits per heavy atom. The fraction of sp³-hybridized carbons (Fsp3) is 0.130. The Balaban J connectivity index is 1.40. The summed E-state index contributed by atoms with van der Waals surface area (Å²) in [6.07, 6.45) is 3.78. The SMILES string of the molecule is Cc1cc(-c2cc(Cl)ccc2-n2cnnn2)cc(=O)n1CC1=NC=C(c2csc(C(=O)O)c2)C1. The Kier molecular flexibility index (Phi) is 5.68. The molecule has 1 aliphatic heterocycles. The number of hydrogen-bond acceptors (Lipinski definition) is 7. The van der Waals surface area contributed by atoms with E-state index in [-0.39, 0.29) is 10.4 Å². The molecular weight excluding hydrogens is 476 g/mol. The van der Waals surface area contributed by atoms with Crippen LogP contribution < -0.4 is 5.56 Å². The molecule has 4 aromatic rings. The lowest BCUT2D eigenvalue weighted by atomic mass is 10.0. The summed E-state index contributed by atoms with van der Waals surface area (Å²) in [5.74, 6) is -0.943. The number of tetrazole rings is 1. The fourth-order valence-electron chi connectivity index (χ4n) is 3.85. The summed E-state index contributed by atoms with van der Waals surface area (Å²) in [6.45, 7) is 2.21. The molecule has 1 aromatic carbocycles. The van der Waals surface area contributed by atoms with Crippen LogP contribution in [-0.4, -0.2) is 41.6 Å². The first-order valence-corrected chi connectivity index (χ1v) is 11.5. The third-order valence-corrected chi connectivity index (χ3v) is 6.67. The molecule has 9 nitrogen and oxygen atoms in total. The van der Waals surface area contributed by atoms with E-state index in [2.05, 4.69) is 20.5 Å². The predicted molar refractivity (Wildman–Crippen MR) is 130 cm³/mol. The van der Waals surface area contributed by atoms with Crippen molar-refractivity contribution in [2.45, 2.75) is 19.9 Å². The highest BCUT2D eigenvalue weighted by molar-refractivity contribution is 7.12. The number of carbonyl (C=O) groups is 1. The molecule has 170 valence electrons. The molecule has 0 unspecified atom stereocenters. The van der Waals surface area contributed by atoms with Crippen molar-refractivity contribution in [3.8, 4) is 16.8 Å². The number of rotatable bonds is 6. The van der Waals surface area contributed by atoms with Gasteiger partial charge in [0.25, 0.3) is 5.56 Å². The number of carboxylic acid groups (broad SMARTS) is 1.